The Hall–Kier alpha value is -1.81. The lowest BCUT2D eigenvalue weighted by Gasteiger charge is -2.14. The normalized spacial score (nSPS) is 11.9. The van der Waals surface area contributed by atoms with Gasteiger partial charge in [0.05, 0.1) is 12.5 Å². The predicted molar refractivity (Wildman–Crippen MR) is 80.4 cm³/mol. The van der Waals surface area contributed by atoms with Crippen molar-refractivity contribution < 1.29 is 9.18 Å². The van der Waals surface area contributed by atoms with Gasteiger partial charge in [0.1, 0.15) is 5.82 Å². The predicted octanol–water partition coefficient (Wildman–Crippen LogP) is 3.53. The Bertz CT molecular complexity index is 598. The molecule has 0 aliphatic carbocycles. The molecule has 0 aliphatic rings. The minimum atomic E-state index is -0.298. The number of thiol groups is 1. The Morgan fingerprint density at radius 3 is 2.60 bits per heavy atom. The molecule has 1 unspecified atom stereocenters. The van der Waals surface area contributed by atoms with E-state index in [1.807, 2.05) is 31.2 Å². The van der Waals surface area contributed by atoms with Gasteiger partial charge in [0.2, 0.25) is 5.91 Å². The molecule has 0 aromatic heterocycles. The number of amides is 1. The fourth-order valence-electron chi connectivity index (χ4n) is 1.95. The maximum absolute atomic E-state index is 13.1. The Kier molecular flexibility index (Phi) is 4.79. The van der Waals surface area contributed by atoms with E-state index in [1.54, 1.807) is 12.1 Å². The summed E-state index contributed by atoms with van der Waals surface area (Å²) in [6.07, 6.45) is 0.299. The Morgan fingerprint density at radius 1 is 1.25 bits per heavy atom. The number of rotatable bonds is 4. The minimum absolute atomic E-state index is 0.0892. The van der Waals surface area contributed by atoms with Gasteiger partial charge in [0.15, 0.2) is 0 Å². The van der Waals surface area contributed by atoms with Crippen LogP contribution in [0.2, 0.25) is 0 Å². The average molecular weight is 289 g/mol. The molecule has 104 valence electrons. The summed E-state index contributed by atoms with van der Waals surface area (Å²) >= 11 is 4.20. The lowest BCUT2D eigenvalue weighted by atomic mass is 10.1. The number of hydrogen-bond donors (Lipinski definition) is 2. The summed E-state index contributed by atoms with van der Waals surface area (Å²) in [7, 11) is 0. The van der Waals surface area contributed by atoms with E-state index >= 15 is 0 Å². The van der Waals surface area contributed by atoms with E-state index in [1.165, 1.54) is 12.1 Å². The van der Waals surface area contributed by atoms with E-state index in [2.05, 4.69) is 17.9 Å². The van der Waals surface area contributed by atoms with Crippen LogP contribution in [0.1, 0.15) is 24.1 Å². The molecule has 4 heteroatoms. The molecule has 0 spiro atoms. The lowest BCUT2D eigenvalue weighted by Crippen LogP contribution is -2.28. The van der Waals surface area contributed by atoms with Crippen molar-refractivity contribution in [3.63, 3.8) is 0 Å². The summed E-state index contributed by atoms with van der Waals surface area (Å²) in [6, 6.07) is 13.5. The SMILES string of the molecule is CC(NC(=O)Cc1ccc(S)cc1)c1cccc(F)c1. The zero-order valence-electron chi connectivity index (χ0n) is 11.1. The molecule has 0 aliphatic heterocycles. The summed E-state index contributed by atoms with van der Waals surface area (Å²) in [5.74, 6) is -0.387. The third-order valence-electron chi connectivity index (χ3n) is 3.03. The molecule has 1 N–H and O–H groups in total. The van der Waals surface area contributed by atoms with Crippen molar-refractivity contribution in [3.8, 4) is 0 Å². The molecule has 2 aromatic carbocycles. The van der Waals surface area contributed by atoms with Crippen LogP contribution in [-0.2, 0) is 11.2 Å². The topological polar surface area (TPSA) is 29.1 Å². The minimum Gasteiger partial charge on any atom is -0.349 e. The number of carbonyl (C=O) groups excluding carboxylic acids is 1. The van der Waals surface area contributed by atoms with Gasteiger partial charge < -0.3 is 5.32 Å². The Balaban J connectivity index is 1.95. The van der Waals surface area contributed by atoms with Crippen LogP contribution >= 0.6 is 12.6 Å². The molecule has 2 rings (SSSR count). The maximum atomic E-state index is 13.1. The molecule has 0 radical (unpaired) electrons. The molecule has 2 aromatic rings. The highest BCUT2D eigenvalue weighted by molar-refractivity contribution is 7.80. The van der Waals surface area contributed by atoms with E-state index < -0.39 is 0 Å². The Labute approximate surface area is 123 Å². The lowest BCUT2D eigenvalue weighted by molar-refractivity contribution is -0.121. The van der Waals surface area contributed by atoms with Crippen molar-refractivity contribution >= 4 is 18.5 Å². The molecule has 2 nitrogen and oxygen atoms in total. The van der Waals surface area contributed by atoms with Gasteiger partial charge in [-0.2, -0.15) is 0 Å². The van der Waals surface area contributed by atoms with Gasteiger partial charge in [-0.1, -0.05) is 24.3 Å². The van der Waals surface area contributed by atoms with Crippen molar-refractivity contribution in [1.29, 1.82) is 0 Å². The van der Waals surface area contributed by atoms with Crippen molar-refractivity contribution in [2.75, 3.05) is 0 Å². The van der Waals surface area contributed by atoms with Crippen LogP contribution in [0.25, 0.3) is 0 Å². The van der Waals surface area contributed by atoms with Crippen LogP contribution < -0.4 is 5.32 Å². The van der Waals surface area contributed by atoms with Crippen LogP contribution in [0.15, 0.2) is 53.4 Å². The molecule has 1 atom stereocenters. The highest BCUT2D eigenvalue weighted by Gasteiger charge is 2.10. The molecule has 1 amide bonds. The van der Waals surface area contributed by atoms with E-state index in [0.29, 0.717) is 6.42 Å². The van der Waals surface area contributed by atoms with Gasteiger partial charge in [0, 0.05) is 4.90 Å². The van der Waals surface area contributed by atoms with Crippen molar-refractivity contribution in [2.24, 2.45) is 0 Å². The van der Waals surface area contributed by atoms with Crippen LogP contribution in [-0.4, -0.2) is 5.91 Å². The quantitative estimate of drug-likeness (QED) is 0.828. The largest absolute Gasteiger partial charge is 0.349 e. The zero-order chi connectivity index (χ0) is 14.5. The second-order valence-electron chi connectivity index (χ2n) is 4.69. The monoisotopic (exact) mass is 289 g/mol. The van der Waals surface area contributed by atoms with Gasteiger partial charge in [-0.25, -0.2) is 4.39 Å². The first kappa shape index (κ1) is 14.6. The average Bonchev–Trinajstić information content (AvgIpc) is 2.41. The van der Waals surface area contributed by atoms with Gasteiger partial charge in [-0.3, -0.25) is 4.79 Å². The molecule has 0 heterocycles. The molecule has 0 fully saturated rings. The number of halogens is 1. The van der Waals surface area contributed by atoms with E-state index in [0.717, 1.165) is 16.0 Å². The van der Waals surface area contributed by atoms with E-state index in [9.17, 15) is 9.18 Å². The second kappa shape index (κ2) is 6.57. The van der Waals surface area contributed by atoms with Crippen LogP contribution in [0.3, 0.4) is 0 Å². The third-order valence-corrected chi connectivity index (χ3v) is 3.33. The molecule has 0 saturated heterocycles. The summed E-state index contributed by atoms with van der Waals surface area (Å²) in [6.45, 7) is 1.84. The fraction of sp³-hybridized carbons (Fsp3) is 0.188. The van der Waals surface area contributed by atoms with Crippen molar-refractivity contribution in [3.05, 3.63) is 65.5 Å². The molecule has 20 heavy (non-hydrogen) atoms. The van der Waals surface area contributed by atoms with Crippen molar-refractivity contribution in [1.82, 2.24) is 5.32 Å². The van der Waals surface area contributed by atoms with Gasteiger partial charge in [0.25, 0.3) is 0 Å². The number of carbonyl (C=O) groups is 1. The highest BCUT2D eigenvalue weighted by Crippen LogP contribution is 2.14. The summed E-state index contributed by atoms with van der Waals surface area (Å²) < 4.78 is 13.1. The van der Waals surface area contributed by atoms with Gasteiger partial charge >= 0.3 is 0 Å². The smallest absolute Gasteiger partial charge is 0.224 e. The fourth-order valence-corrected chi connectivity index (χ4v) is 2.10. The zero-order valence-corrected chi connectivity index (χ0v) is 12.0. The molecule has 0 bridgehead atoms. The first-order valence-electron chi connectivity index (χ1n) is 6.37. The van der Waals surface area contributed by atoms with Gasteiger partial charge in [-0.05, 0) is 42.3 Å². The number of hydrogen-bond acceptors (Lipinski definition) is 2. The summed E-state index contributed by atoms with van der Waals surface area (Å²) in [5.41, 5.74) is 1.68. The molecular weight excluding hydrogens is 273 g/mol. The summed E-state index contributed by atoms with van der Waals surface area (Å²) in [4.78, 5) is 12.8. The van der Waals surface area contributed by atoms with Gasteiger partial charge in [-0.15, -0.1) is 12.6 Å². The second-order valence-corrected chi connectivity index (χ2v) is 5.20. The van der Waals surface area contributed by atoms with Crippen LogP contribution in [0.5, 0.6) is 0 Å². The molecule has 0 saturated carbocycles. The first-order valence-corrected chi connectivity index (χ1v) is 6.82. The maximum Gasteiger partial charge on any atom is 0.224 e. The van der Waals surface area contributed by atoms with Crippen molar-refractivity contribution in [2.45, 2.75) is 24.3 Å². The third kappa shape index (κ3) is 4.10. The molecular formula is C16H16FNOS. The van der Waals surface area contributed by atoms with E-state index in [-0.39, 0.29) is 17.8 Å². The van der Waals surface area contributed by atoms with E-state index in [4.69, 9.17) is 0 Å². The highest BCUT2D eigenvalue weighted by atomic mass is 32.1. The Morgan fingerprint density at radius 2 is 1.95 bits per heavy atom. The number of benzene rings is 2. The summed E-state index contributed by atoms with van der Waals surface area (Å²) in [5, 5.41) is 2.86. The standard InChI is InChI=1S/C16H16FNOS/c1-11(13-3-2-4-14(17)10-13)18-16(19)9-12-5-7-15(20)8-6-12/h2-8,10-11,20H,9H2,1H3,(H,18,19). The van der Waals surface area contributed by atoms with Crippen LogP contribution in [0.4, 0.5) is 4.39 Å². The van der Waals surface area contributed by atoms with Crippen LogP contribution in [0, 0.1) is 5.82 Å². The first-order chi connectivity index (χ1) is 9.54. The number of nitrogens with one attached hydrogen (secondary N) is 1.